The molecule has 0 saturated carbocycles. The second kappa shape index (κ2) is 36.5. The number of carboxylic acids is 1. The van der Waals surface area contributed by atoms with Gasteiger partial charge in [-0.25, -0.2) is 0 Å². The lowest BCUT2D eigenvalue weighted by molar-refractivity contribution is -0.157. The number of hydrogen-bond donors (Lipinski definition) is 5. The lowest BCUT2D eigenvalue weighted by Gasteiger charge is -2.41. The van der Waals surface area contributed by atoms with E-state index in [1.54, 1.807) is 41.5 Å². The summed E-state index contributed by atoms with van der Waals surface area (Å²) in [5.41, 5.74) is 0. The maximum atomic E-state index is 15.2. The average Bonchev–Trinajstić information content (AvgIpc) is 1.39. The molecular formula is C64H114N10O14. The van der Waals surface area contributed by atoms with Gasteiger partial charge >= 0.3 is 5.97 Å². The number of Topliss-reactive ketones (excluding diaryl/α,β-unsaturated/α-hetero) is 1. The van der Waals surface area contributed by atoms with Crippen LogP contribution in [0.4, 0.5) is 0 Å². The normalized spacial score (nSPS) is 26.3. The number of carbonyl (C=O) groups excluding carboxylic acids is 11. The molecule has 0 spiro atoms. The number of nitrogens with one attached hydrogen (secondary N) is 3. The van der Waals surface area contributed by atoms with Gasteiger partial charge < -0.3 is 60.5 Å². The third-order valence-corrected chi connectivity index (χ3v) is 17.0. The minimum absolute atomic E-state index is 0.0122. The van der Waals surface area contributed by atoms with Crippen LogP contribution in [0.1, 0.15) is 175 Å². The highest BCUT2D eigenvalue weighted by Gasteiger charge is 2.46. The molecule has 24 heteroatoms. The van der Waals surface area contributed by atoms with Gasteiger partial charge in [0, 0.05) is 68.1 Å². The van der Waals surface area contributed by atoms with E-state index in [1.807, 2.05) is 55.4 Å². The Labute approximate surface area is 525 Å². The number of aliphatic hydroxyl groups is 1. The summed E-state index contributed by atoms with van der Waals surface area (Å²) < 4.78 is 0. The van der Waals surface area contributed by atoms with Crippen LogP contribution in [0, 0.1) is 47.3 Å². The van der Waals surface area contributed by atoms with Crippen LogP contribution in [-0.4, -0.2) is 232 Å². The highest BCUT2D eigenvalue weighted by molar-refractivity contribution is 5.99. The van der Waals surface area contributed by atoms with Crippen LogP contribution in [0.3, 0.4) is 0 Å². The number of aliphatic carboxylic acids is 1. The van der Waals surface area contributed by atoms with Crippen LogP contribution in [0.25, 0.3) is 0 Å². The van der Waals surface area contributed by atoms with Gasteiger partial charge in [-0.3, -0.25) is 57.5 Å². The second-order valence-corrected chi connectivity index (χ2v) is 27.2. The van der Waals surface area contributed by atoms with Gasteiger partial charge in [-0.15, -0.1) is 0 Å². The molecule has 0 aromatic carbocycles. The van der Waals surface area contributed by atoms with Crippen molar-refractivity contribution < 1.29 is 67.7 Å². The molecule has 12 atom stereocenters. The predicted molar refractivity (Wildman–Crippen MR) is 336 cm³/mol. The second-order valence-electron chi connectivity index (χ2n) is 27.2. The zero-order chi connectivity index (χ0) is 68.3. The van der Waals surface area contributed by atoms with E-state index >= 15 is 9.59 Å². The Hall–Kier alpha value is -6.20. The first-order chi connectivity index (χ1) is 40.6. The molecule has 1 aliphatic heterocycles. The van der Waals surface area contributed by atoms with Crippen molar-refractivity contribution in [2.45, 2.75) is 235 Å². The number of aliphatic hydroxyl groups excluding tert-OH is 1. The minimum Gasteiger partial charge on any atom is -0.481 e. The van der Waals surface area contributed by atoms with Crippen molar-refractivity contribution in [3.63, 3.8) is 0 Å². The number of carbonyl (C=O) groups is 12. The molecule has 0 aliphatic carbocycles. The van der Waals surface area contributed by atoms with E-state index in [-0.39, 0.29) is 81.5 Å². The molecule has 5 N–H and O–H groups in total. The van der Waals surface area contributed by atoms with Crippen molar-refractivity contribution in [3.05, 3.63) is 0 Å². The van der Waals surface area contributed by atoms with Gasteiger partial charge in [0.05, 0.1) is 18.7 Å². The largest absolute Gasteiger partial charge is 0.481 e. The molecular weight excluding hydrogens is 1130 g/mol. The molecule has 1 saturated heterocycles. The van der Waals surface area contributed by atoms with Crippen LogP contribution >= 0.6 is 0 Å². The summed E-state index contributed by atoms with van der Waals surface area (Å²) in [4.78, 5) is 181. The summed E-state index contributed by atoms with van der Waals surface area (Å²) in [5.74, 6) is -11.6. The summed E-state index contributed by atoms with van der Waals surface area (Å²) in [5, 5.41) is 29.6. The molecule has 1 aliphatic rings. The van der Waals surface area contributed by atoms with Gasteiger partial charge in [-0.2, -0.15) is 0 Å². The van der Waals surface area contributed by atoms with Crippen LogP contribution in [0.5, 0.6) is 0 Å². The van der Waals surface area contributed by atoms with E-state index in [1.165, 1.54) is 87.7 Å². The smallest absolute Gasteiger partial charge is 0.303 e. The lowest BCUT2D eigenvalue weighted by atomic mass is 9.85. The van der Waals surface area contributed by atoms with E-state index in [0.717, 1.165) is 9.80 Å². The molecule has 1 fully saturated rings. The van der Waals surface area contributed by atoms with Crippen molar-refractivity contribution in [2.24, 2.45) is 47.3 Å². The number of amides is 10. The van der Waals surface area contributed by atoms with Gasteiger partial charge in [-0.05, 0) is 100 Å². The fourth-order valence-electron chi connectivity index (χ4n) is 11.4. The van der Waals surface area contributed by atoms with Crippen LogP contribution in [0.15, 0.2) is 0 Å². The quantitative estimate of drug-likeness (QED) is 0.121. The number of likely N-dealkylation sites (N-methyl/N-ethyl adjacent to an activating group) is 7. The predicted octanol–water partition coefficient (Wildman–Crippen LogP) is 4.04. The zero-order valence-corrected chi connectivity index (χ0v) is 57.6. The highest BCUT2D eigenvalue weighted by atomic mass is 16.4. The fraction of sp³-hybridized carbons (Fsp3) is 0.812. The van der Waals surface area contributed by atoms with E-state index in [9.17, 15) is 58.2 Å². The number of rotatable bonds is 18. The first-order valence-corrected chi connectivity index (χ1v) is 31.7. The van der Waals surface area contributed by atoms with Gasteiger partial charge in [-0.1, -0.05) is 103 Å². The molecule has 0 bridgehead atoms. The molecule has 88 heavy (non-hydrogen) atoms. The Balaban J connectivity index is 4.34. The third kappa shape index (κ3) is 23.0. The zero-order valence-electron chi connectivity index (χ0n) is 57.6. The number of unbranched alkanes of at least 4 members (excludes halogenated alkanes) is 1. The Morgan fingerprint density at radius 3 is 1.40 bits per heavy atom. The van der Waals surface area contributed by atoms with E-state index < -0.39 is 162 Å². The first-order valence-electron chi connectivity index (χ1n) is 31.7. The van der Waals surface area contributed by atoms with Crippen molar-refractivity contribution in [2.75, 3.05) is 55.9 Å². The number of ketones is 1. The molecule has 0 radical (unpaired) electrons. The number of nitrogens with zero attached hydrogens (tertiary/aromatic N) is 7. The third-order valence-electron chi connectivity index (χ3n) is 17.0. The van der Waals surface area contributed by atoms with E-state index in [2.05, 4.69) is 16.0 Å². The van der Waals surface area contributed by atoms with Gasteiger partial charge in [0.1, 0.15) is 48.3 Å². The maximum Gasteiger partial charge on any atom is 0.303 e. The summed E-state index contributed by atoms with van der Waals surface area (Å²) in [6.07, 6.45) is -0.563. The van der Waals surface area contributed by atoms with Crippen molar-refractivity contribution in [3.8, 4) is 0 Å². The molecule has 10 amide bonds. The average molecular weight is 1250 g/mol. The Kier molecular flexibility index (Phi) is 33.1. The molecule has 1 heterocycles. The summed E-state index contributed by atoms with van der Waals surface area (Å²) >= 11 is 0. The van der Waals surface area contributed by atoms with E-state index in [4.69, 9.17) is 0 Å². The highest BCUT2D eigenvalue weighted by Crippen LogP contribution is 2.28. The fourth-order valence-corrected chi connectivity index (χ4v) is 11.4. The summed E-state index contributed by atoms with van der Waals surface area (Å²) in [7, 11) is 9.85. The first kappa shape index (κ1) is 79.8. The van der Waals surface area contributed by atoms with Gasteiger partial charge in [0.25, 0.3) is 0 Å². The lowest BCUT2D eigenvalue weighted by Crippen LogP contribution is -2.63. The van der Waals surface area contributed by atoms with Crippen molar-refractivity contribution >= 4 is 70.8 Å². The van der Waals surface area contributed by atoms with E-state index in [0.29, 0.717) is 6.42 Å². The van der Waals surface area contributed by atoms with Crippen molar-refractivity contribution in [1.29, 1.82) is 0 Å². The molecule has 504 valence electrons. The molecule has 1 unspecified atom stereocenters. The number of hydrogen-bond acceptors (Lipinski definition) is 13. The minimum atomic E-state index is -1.69. The Morgan fingerprint density at radius 2 is 0.932 bits per heavy atom. The van der Waals surface area contributed by atoms with Crippen LogP contribution in [-0.2, 0) is 57.5 Å². The molecule has 24 nitrogen and oxygen atoms in total. The Morgan fingerprint density at radius 1 is 0.489 bits per heavy atom. The monoisotopic (exact) mass is 1250 g/mol. The van der Waals surface area contributed by atoms with Gasteiger partial charge in [0.2, 0.25) is 59.1 Å². The Bertz CT molecular complexity index is 2400. The van der Waals surface area contributed by atoms with Crippen molar-refractivity contribution in [1.82, 2.24) is 50.2 Å². The SMILES string of the molecule is CC[C@@H]1NC(=O)[C@H]([C@H](O)[C@H](C)CCCCC(=O)O)N(C)C(=O)[C@H](C(C)C)N(C)C(=O)[C@H](CC(C)C)N(C)C(=O)[C@H](CC(C)C)N(C)C(=O)[C@@H](C)NC(=O)[C@H](C)NC(=O)[C@H](CC(C)C)N(C)C(=O)C(C(C)C)CC(=O)[C@H](CC(C)C)N(C)C(=O)CN(C)C1=O. The summed E-state index contributed by atoms with van der Waals surface area (Å²) in [6, 6.07) is -11.3. The molecule has 0 aromatic heterocycles. The standard InChI is InChI=1S/C64H114N10O14/c1-24-45-61(85)68(17)34-51(76)69(18)46(29-35(2)3)50(75)33-44(39(10)11)60(84)70(19)47(30-36(4)5)57(81)65-42(15)56(80)66-43(16)59(83)71(20)48(31-37(6)7)62(86)72(21)49(32-38(8)9)63(87)73(22)53(40(12)13)64(88)74(23)54(58(82)67-45)55(79)41(14)27-25-26-28-52(77)78/h35-49,53-55,79H,24-34H2,1-23H3,(H,65,81)(H,66,80)(H,67,82)(H,77,78)/t41-,42+,43-,44?,45+,46+,47+,48+,49+,53+,54+,55-/m1/s1. The van der Waals surface area contributed by atoms with Gasteiger partial charge in [0.15, 0.2) is 5.78 Å². The molecule has 0 aromatic rings. The number of carboxylic acid groups (broad SMARTS) is 1. The van der Waals surface area contributed by atoms with Crippen LogP contribution in [0.2, 0.25) is 0 Å². The maximum absolute atomic E-state index is 15.2. The topological polar surface area (TPSA) is 304 Å². The molecule has 1 rings (SSSR count). The van der Waals surface area contributed by atoms with Crippen LogP contribution < -0.4 is 16.0 Å². The summed E-state index contributed by atoms with van der Waals surface area (Å²) in [6.45, 7) is 27.5.